The molecular formula is C16H16F3N. The fourth-order valence-electron chi connectivity index (χ4n) is 2.28. The maximum Gasteiger partial charge on any atom is 0.162 e. The van der Waals surface area contributed by atoms with E-state index in [0.717, 1.165) is 17.2 Å². The van der Waals surface area contributed by atoms with Gasteiger partial charge >= 0.3 is 0 Å². The molecule has 0 spiro atoms. The Hall–Kier alpha value is -1.81. The fourth-order valence-corrected chi connectivity index (χ4v) is 2.28. The lowest BCUT2D eigenvalue weighted by atomic mass is 9.95. The lowest BCUT2D eigenvalue weighted by Crippen LogP contribution is -2.20. The molecule has 0 saturated carbocycles. The molecule has 1 N–H and O–H groups in total. The summed E-state index contributed by atoms with van der Waals surface area (Å²) in [5, 5.41) is 3.03. The van der Waals surface area contributed by atoms with E-state index in [2.05, 4.69) is 5.32 Å². The average Bonchev–Trinajstić information content (AvgIpc) is 2.43. The highest BCUT2D eigenvalue weighted by atomic mass is 19.2. The number of halogens is 3. The molecule has 1 atom stereocenters. The normalized spacial score (nSPS) is 12.4. The van der Waals surface area contributed by atoms with Gasteiger partial charge in [-0.15, -0.1) is 0 Å². The largest absolute Gasteiger partial charge is 0.313 e. The van der Waals surface area contributed by atoms with Gasteiger partial charge in [-0.2, -0.15) is 0 Å². The van der Waals surface area contributed by atoms with Gasteiger partial charge in [-0.1, -0.05) is 18.2 Å². The molecule has 0 radical (unpaired) electrons. The van der Waals surface area contributed by atoms with Crippen molar-refractivity contribution in [3.63, 3.8) is 0 Å². The van der Waals surface area contributed by atoms with E-state index in [1.54, 1.807) is 13.1 Å². The van der Waals surface area contributed by atoms with Crippen LogP contribution in [0.1, 0.15) is 22.7 Å². The molecule has 2 aromatic rings. The van der Waals surface area contributed by atoms with Crippen LogP contribution in [0.3, 0.4) is 0 Å². The Balaban J connectivity index is 2.34. The number of aryl methyl sites for hydroxylation is 1. The van der Waals surface area contributed by atoms with Gasteiger partial charge in [-0.3, -0.25) is 0 Å². The van der Waals surface area contributed by atoms with Gasteiger partial charge in [0.25, 0.3) is 0 Å². The van der Waals surface area contributed by atoms with Crippen LogP contribution in [-0.2, 0) is 6.42 Å². The van der Waals surface area contributed by atoms with Crippen molar-refractivity contribution in [1.82, 2.24) is 5.32 Å². The quantitative estimate of drug-likeness (QED) is 0.894. The summed E-state index contributed by atoms with van der Waals surface area (Å²) < 4.78 is 40.3. The van der Waals surface area contributed by atoms with Crippen molar-refractivity contribution >= 4 is 0 Å². The SMILES string of the molecule is CNC(Cc1cccc(F)c1F)c1cc(F)ccc1C. The van der Waals surface area contributed by atoms with E-state index in [1.165, 1.54) is 24.3 Å². The third kappa shape index (κ3) is 3.02. The Labute approximate surface area is 116 Å². The monoisotopic (exact) mass is 279 g/mol. The number of nitrogens with one attached hydrogen (secondary N) is 1. The summed E-state index contributed by atoms with van der Waals surface area (Å²) in [6.45, 7) is 1.86. The zero-order valence-corrected chi connectivity index (χ0v) is 11.4. The minimum atomic E-state index is -0.867. The number of benzene rings is 2. The lowest BCUT2D eigenvalue weighted by molar-refractivity contribution is 0.486. The molecule has 0 fully saturated rings. The van der Waals surface area contributed by atoms with Gasteiger partial charge in [0, 0.05) is 6.04 Å². The molecule has 0 aliphatic carbocycles. The van der Waals surface area contributed by atoms with E-state index in [-0.39, 0.29) is 23.8 Å². The van der Waals surface area contributed by atoms with Gasteiger partial charge in [0.1, 0.15) is 5.82 Å². The van der Waals surface area contributed by atoms with E-state index in [9.17, 15) is 13.2 Å². The van der Waals surface area contributed by atoms with Crippen LogP contribution < -0.4 is 5.32 Å². The van der Waals surface area contributed by atoms with Gasteiger partial charge < -0.3 is 5.32 Å². The van der Waals surface area contributed by atoms with Gasteiger partial charge in [0.2, 0.25) is 0 Å². The Morgan fingerprint density at radius 3 is 2.55 bits per heavy atom. The van der Waals surface area contributed by atoms with E-state index in [1.807, 2.05) is 6.92 Å². The highest BCUT2D eigenvalue weighted by Crippen LogP contribution is 2.24. The molecule has 0 heterocycles. The van der Waals surface area contributed by atoms with E-state index < -0.39 is 11.6 Å². The van der Waals surface area contributed by atoms with Crippen molar-refractivity contribution in [3.8, 4) is 0 Å². The average molecular weight is 279 g/mol. The molecule has 2 aromatic carbocycles. The lowest BCUT2D eigenvalue weighted by Gasteiger charge is -2.19. The molecule has 106 valence electrons. The second-order valence-electron chi connectivity index (χ2n) is 4.76. The maximum atomic E-state index is 13.7. The predicted molar refractivity (Wildman–Crippen MR) is 73.0 cm³/mol. The third-order valence-corrected chi connectivity index (χ3v) is 3.42. The van der Waals surface area contributed by atoms with E-state index >= 15 is 0 Å². The van der Waals surface area contributed by atoms with Gasteiger partial charge in [-0.05, 0) is 55.3 Å². The van der Waals surface area contributed by atoms with E-state index in [0.29, 0.717) is 0 Å². The summed E-state index contributed by atoms with van der Waals surface area (Å²) in [6.07, 6.45) is 0.254. The zero-order chi connectivity index (χ0) is 14.7. The summed E-state index contributed by atoms with van der Waals surface area (Å²) in [5.41, 5.74) is 1.92. The standard InChI is InChI=1S/C16H16F3N/c1-10-6-7-12(17)9-13(10)15(20-2)8-11-4-3-5-14(18)16(11)19/h3-7,9,15,20H,8H2,1-2H3. The molecule has 20 heavy (non-hydrogen) atoms. The molecule has 0 amide bonds. The van der Waals surface area contributed by atoms with Gasteiger partial charge in [0.15, 0.2) is 11.6 Å². The highest BCUT2D eigenvalue weighted by molar-refractivity contribution is 5.32. The molecule has 0 aliphatic rings. The molecule has 4 heteroatoms. The summed E-state index contributed by atoms with van der Waals surface area (Å²) in [6, 6.07) is 8.30. The first-order chi connectivity index (χ1) is 9.52. The molecule has 0 aromatic heterocycles. The highest BCUT2D eigenvalue weighted by Gasteiger charge is 2.17. The zero-order valence-electron chi connectivity index (χ0n) is 11.4. The van der Waals surface area contributed by atoms with Crippen LogP contribution >= 0.6 is 0 Å². The van der Waals surface area contributed by atoms with E-state index in [4.69, 9.17) is 0 Å². The number of likely N-dealkylation sites (N-methyl/N-ethyl adjacent to an activating group) is 1. The maximum absolute atomic E-state index is 13.7. The minimum absolute atomic E-state index is 0.254. The number of hydrogen-bond acceptors (Lipinski definition) is 1. The van der Waals surface area contributed by atoms with Crippen LogP contribution in [-0.4, -0.2) is 7.05 Å². The van der Waals surface area contributed by atoms with Crippen molar-refractivity contribution in [3.05, 3.63) is 70.5 Å². The van der Waals surface area contributed by atoms with Crippen molar-refractivity contribution in [2.24, 2.45) is 0 Å². The third-order valence-electron chi connectivity index (χ3n) is 3.42. The van der Waals surface area contributed by atoms with Crippen LogP contribution in [0.5, 0.6) is 0 Å². The van der Waals surface area contributed by atoms with Crippen LogP contribution in [0.2, 0.25) is 0 Å². The smallest absolute Gasteiger partial charge is 0.162 e. The summed E-state index contributed by atoms with van der Waals surface area (Å²) in [7, 11) is 1.71. The first kappa shape index (κ1) is 14.6. The van der Waals surface area contributed by atoms with Crippen molar-refractivity contribution in [2.45, 2.75) is 19.4 Å². The second kappa shape index (κ2) is 6.09. The number of rotatable bonds is 4. The van der Waals surface area contributed by atoms with Crippen molar-refractivity contribution in [1.29, 1.82) is 0 Å². The minimum Gasteiger partial charge on any atom is -0.313 e. The molecule has 0 aliphatic heterocycles. The Bertz CT molecular complexity index is 611. The van der Waals surface area contributed by atoms with Crippen molar-refractivity contribution in [2.75, 3.05) is 7.05 Å². The van der Waals surface area contributed by atoms with Crippen LogP contribution in [0, 0.1) is 24.4 Å². The molecule has 0 saturated heterocycles. The predicted octanol–water partition coefficient (Wildman–Crippen LogP) is 3.92. The summed E-state index contributed by atoms with van der Waals surface area (Å²) >= 11 is 0. The fraction of sp³-hybridized carbons (Fsp3) is 0.250. The van der Waals surface area contributed by atoms with Gasteiger partial charge in [-0.25, -0.2) is 13.2 Å². The second-order valence-corrected chi connectivity index (χ2v) is 4.76. The Morgan fingerprint density at radius 2 is 1.85 bits per heavy atom. The summed E-state index contributed by atoms with van der Waals surface area (Å²) in [5.74, 6) is -2.05. The molecule has 2 rings (SSSR count). The van der Waals surface area contributed by atoms with Crippen LogP contribution in [0.25, 0.3) is 0 Å². The topological polar surface area (TPSA) is 12.0 Å². The van der Waals surface area contributed by atoms with Crippen LogP contribution in [0.4, 0.5) is 13.2 Å². The Kier molecular flexibility index (Phi) is 4.45. The molecule has 0 bridgehead atoms. The summed E-state index contributed by atoms with van der Waals surface area (Å²) in [4.78, 5) is 0. The van der Waals surface area contributed by atoms with Gasteiger partial charge in [0.05, 0.1) is 0 Å². The molecular weight excluding hydrogens is 263 g/mol. The Morgan fingerprint density at radius 1 is 1.10 bits per heavy atom. The first-order valence-corrected chi connectivity index (χ1v) is 6.39. The number of hydrogen-bond donors (Lipinski definition) is 1. The van der Waals surface area contributed by atoms with Crippen LogP contribution in [0.15, 0.2) is 36.4 Å². The molecule has 1 unspecified atom stereocenters. The molecule has 1 nitrogen and oxygen atoms in total. The van der Waals surface area contributed by atoms with Crippen molar-refractivity contribution < 1.29 is 13.2 Å². The first-order valence-electron chi connectivity index (χ1n) is 6.39.